The number of benzene rings is 8. The minimum Gasteiger partial charge on any atom is -0.455 e. The van der Waals surface area contributed by atoms with Crippen LogP contribution in [0.3, 0.4) is 0 Å². The van der Waals surface area contributed by atoms with E-state index in [9.17, 15) is 0 Å². The molecule has 1 unspecified atom stereocenters. The molecule has 3 heteroatoms. The summed E-state index contributed by atoms with van der Waals surface area (Å²) in [5.41, 5.74) is 9.32. The average molecular weight is 701 g/mol. The Hall–Kier alpha value is -7.10. The highest BCUT2D eigenvalue weighted by atomic mass is 16.3. The summed E-state index contributed by atoms with van der Waals surface area (Å²) < 4.78 is 6.61. The van der Waals surface area contributed by atoms with Crippen LogP contribution in [0.2, 0.25) is 0 Å². The summed E-state index contributed by atoms with van der Waals surface area (Å²) in [7, 11) is 0. The first kappa shape index (κ1) is 30.4. The third-order valence-corrected chi connectivity index (χ3v) is 11.7. The molecule has 0 radical (unpaired) electrons. The zero-order chi connectivity index (χ0) is 36.0. The average Bonchev–Trinajstić information content (AvgIpc) is 3.64. The summed E-state index contributed by atoms with van der Waals surface area (Å²) in [4.78, 5) is 10.8. The lowest BCUT2D eigenvalue weighted by atomic mass is 9.87. The van der Waals surface area contributed by atoms with Crippen LogP contribution >= 0.6 is 0 Å². The molecular formula is C52H32N2O. The third kappa shape index (κ3) is 4.63. The summed E-state index contributed by atoms with van der Waals surface area (Å²) in [5.74, 6) is 0.212. The number of para-hydroxylation sites is 1. The van der Waals surface area contributed by atoms with Crippen LogP contribution in [0.25, 0.3) is 104 Å². The van der Waals surface area contributed by atoms with E-state index in [0.29, 0.717) is 0 Å². The van der Waals surface area contributed by atoms with E-state index in [2.05, 4.69) is 170 Å². The van der Waals surface area contributed by atoms with Gasteiger partial charge in [0.1, 0.15) is 11.2 Å². The first-order valence-corrected chi connectivity index (χ1v) is 19.0. The van der Waals surface area contributed by atoms with Gasteiger partial charge in [0.05, 0.1) is 22.4 Å². The SMILES string of the molecule is C1=CC(c2ccc3c(c2)nc(-c2ccccc2)c2ccc4c5ccccc5oc4c23)CC=C1c1nc2cc3ccccc3cc2c2c1ccc1ccccc12. The van der Waals surface area contributed by atoms with E-state index in [4.69, 9.17) is 14.4 Å². The van der Waals surface area contributed by atoms with Gasteiger partial charge >= 0.3 is 0 Å². The highest BCUT2D eigenvalue weighted by molar-refractivity contribution is 6.25. The molecule has 1 aliphatic rings. The molecule has 3 aromatic heterocycles. The lowest BCUT2D eigenvalue weighted by molar-refractivity contribution is 0.673. The summed E-state index contributed by atoms with van der Waals surface area (Å²) in [6, 6.07) is 56.4. The molecular weight excluding hydrogens is 669 g/mol. The minimum atomic E-state index is 0.212. The quantitative estimate of drug-likeness (QED) is 0.136. The van der Waals surface area contributed by atoms with Gasteiger partial charge in [0.25, 0.3) is 0 Å². The second-order valence-electron chi connectivity index (χ2n) is 14.8. The molecule has 0 amide bonds. The number of allylic oxidation sites excluding steroid dienone is 4. The fourth-order valence-electron chi connectivity index (χ4n) is 9.06. The standard InChI is InChI=1S/C52H32N2O/c1-2-11-33(12-3-1)50-43-27-26-40-39-16-8-9-17-47(39)55-52(40)49(43)41-24-23-37(30-45(41)53-50)31-18-20-34(21-19-31)51-42-25-22-32-10-6-7-15-38(32)48(42)44-28-35-13-4-5-14-36(35)29-46(44)54-51/h1-18,20-31H,19H2. The van der Waals surface area contributed by atoms with Gasteiger partial charge in [-0.15, -0.1) is 0 Å². The summed E-state index contributed by atoms with van der Waals surface area (Å²) >= 11 is 0. The third-order valence-electron chi connectivity index (χ3n) is 11.7. The zero-order valence-corrected chi connectivity index (χ0v) is 29.8. The Bertz CT molecular complexity index is 3460. The first-order valence-electron chi connectivity index (χ1n) is 19.0. The van der Waals surface area contributed by atoms with Crippen LogP contribution in [0.5, 0.6) is 0 Å². The maximum atomic E-state index is 6.61. The Morgan fingerprint density at radius 3 is 2.00 bits per heavy atom. The maximum Gasteiger partial charge on any atom is 0.144 e. The van der Waals surface area contributed by atoms with Crippen LogP contribution in [-0.2, 0) is 0 Å². The molecule has 8 aromatic carbocycles. The fraction of sp³-hybridized carbons (Fsp3) is 0.0385. The van der Waals surface area contributed by atoms with E-state index in [1.54, 1.807) is 0 Å². The van der Waals surface area contributed by atoms with Crippen molar-refractivity contribution in [1.82, 2.24) is 9.97 Å². The zero-order valence-electron chi connectivity index (χ0n) is 29.8. The largest absolute Gasteiger partial charge is 0.455 e. The molecule has 0 saturated heterocycles. The Kier molecular flexibility index (Phi) is 6.46. The first-order chi connectivity index (χ1) is 27.2. The number of fused-ring (bicyclic) bond motifs is 13. The number of furan rings is 1. The van der Waals surface area contributed by atoms with Gasteiger partial charge in [0.15, 0.2) is 0 Å². The van der Waals surface area contributed by atoms with Crippen molar-refractivity contribution in [3.8, 4) is 11.3 Å². The molecule has 12 rings (SSSR count). The smallest absolute Gasteiger partial charge is 0.144 e. The highest BCUT2D eigenvalue weighted by Crippen LogP contribution is 2.43. The van der Waals surface area contributed by atoms with Crippen molar-refractivity contribution in [1.29, 1.82) is 0 Å². The van der Waals surface area contributed by atoms with E-state index in [0.717, 1.165) is 78.1 Å². The molecule has 0 N–H and O–H groups in total. The number of hydrogen-bond donors (Lipinski definition) is 0. The van der Waals surface area contributed by atoms with Crippen molar-refractivity contribution in [3.63, 3.8) is 0 Å². The molecule has 0 bridgehead atoms. The summed E-state index contributed by atoms with van der Waals surface area (Å²) in [5, 5.41) is 14.1. The Morgan fingerprint density at radius 2 is 1.15 bits per heavy atom. The molecule has 11 aromatic rings. The number of hydrogen-bond acceptors (Lipinski definition) is 3. The molecule has 1 atom stereocenters. The van der Waals surface area contributed by atoms with Crippen LogP contribution < -0.4 is 0 Å². The van der Waals surface area contributed by atoms with E-state index in [1.807, 2.05) is 6.07 Å². The molecule has 1 aliphatic carbocycles. The maximum absolute atomic E-state index is 6.61. The summed E-state index contributed by atoms with van der Waals surface area (Å²) in [6.07, 6.45) is 7.88. The second kappa shape index (κ2) is 11.7. The van der Waals surface area contributed by atoms with Crippen molar-refractivity contribution in [2.24, 2.45) is 0 Å². The van der Waals surface area contributed by atoms with Crippen LogP contribution in [0.15, 0.2) is 180 Å². The Morgan fingerprint density at radius 1 is 0.473 bits per heavy atom. The van der Waals surface area contributed by atoms with Crippen molar-refractivity contribution >= 4 is 92.4 Å². The van der Waals surface area contributed by atoms with Crippen LogP contribution in [0.1, 0.15) is 23.6 Å². The van der Waals surface area contributed by atoms with Crippen molar-refractivity contribution < 1.29 is 4.42 Å². The Labute approximate surface area is 316 Å². The van der Waals surface area contributed by atoms with E-state index in [-0.39, 0.29) is 5.92 Å². The molecule has 0 fully saturated rings. The molecule has 256 valence electrons. The topological polar surface area (TPSA) is 38.9 Å². The number of pyridine rings is 2. The monoisotopic (exact) mass is 700 g/mol. The lowest BCUT2D eigenvalue weighted by Crippen LogP contribution is -2.01. The van der Waals surface area contributed by atoms with Crippen LogP contribution in [0.4, 0.5) is 0 Å². The Balaban J connectivity index is 0.998. The second-order valence-corrected chi connectivity index (χ2v) is 14.8. The van der Waals surface area contributed by atoms with Gasteiger partial charge in [-0.05, 0) is 69.4 Å². The van der Waals surface area contributed by atoms with Gasteiger partial charge in [0, 0.05) is 54.6 Å². The van der Waals surface area contributed by atoms with Crippen molar-refractivity contribution in [2.45, 2.75) is 12.3 Å². The van der Waals surface area contributed by atoms with Gasteiger partial charge in [0.2, 0.25) is 0 Å². The van der Waals surface area contributed by atoms with Gasteiger partial charge in [-0.2, -0.15) is 0 Å². The molecule has 3 heterocycles. The minimum absolute atomic E-state index is 0.212. The fourth-order valence-corrected chi connectivity index (χ4v) is 9.06. The van der Waals surface area contributed by atoms with Gasteiger partial charge in [-0.1, -0.05) is 146 Å². The van der Waals surface area contributed by atoms with E-state index in [1.165, 1.54) is 43.3 Å². The predicted octanol–water partition coefficient (Wildman–Crippen LogP) is 14.1. The number of nitrogens with zero attached hydrogens (tertiary/aromatic N) is 2. The van der Waals surface area contributed by atoms with Crippen molar-refractivity contribution in [2.75, 3.05) is 0 Å². The summed E-state index contributed by atoms with van der Waals surface area (Å²) in [6.45, 7) is 0. The van der Waals surface area contributed by atoms with Gasteiger partial charge in [-0.25, -0.2) is 9.97 Å². The number of rotatable bonds is 3. The van der Waals surface area contributed by atoms with Gasteiger partial charge in [-0.3, -0.25) is 0 Å². The van der Waals surface area contributed by atoms with Crippen LogP contribution in [0, 0.1) is 0 Å². The molecule has 0 saturated carbocycles. The molecule has 55 heavy (non-hydrogen) atoms. The normalized spacial score (nSPS) is 14.7. The predicted molar refractivity (Wildman–Crippen MR) is 231 cm³/mol. The molecule has 0 aliphatic heterocycles. The van der Waals surface area contributed by atoms with E-state index >= 15 is 0 Å². The van der Waals surface area contributed by atoms with E-state index < -0.39 is 0 Å². The highest BCUT2D eigenvalue weighted by Gasteiger charge is 2.21. The van der Waals surface area contributed by atoms with Crippen LogP contribution in [-0.4, -0.2) is 9.97 Å². The van der Waals surface area contributed by atoms with Crippen molar-refractivity contribution in [3.05, 3.63) is 187 Å². The number of aromatic nitrogens is 2. The lowest BCUT2D eigenvalue weighted by Gasteiger charge is -2.19. The van der Waals surface area contributed by atoms with Gasteiger partial charge < -0.3 is 4.42 Å². The molecule has 3 nitrogen and oxygen atoms in total. The molecule has 0 spiro atoms.